The standard InChI is InChI=1S/C15H14F2N2O2/c16-15(17)21-13-6-4-11(5-7-13)9-14(20)19-10-12-3-1-2-8-18-12/h1-8,15H,9-10H2,(H,19,20). The van der Waals surface area contributed by atoms with Crippen molar-refractivity contribution >= 4 is 5.91 Å². The molecule has 2 aromatic rings. The highest BCUT2D eigenvalue weighted by atomic mass is 19.3. The lowest BCUT2D eigenvalue weighted by Gasteiger charge is -2.07. The van der Waals surface area contributed by atoms with Gasteiger partial charge in [-0.1, -0.05) is 18.2 Å². The number of nitrogens with one attached hydrogen (secondary N) is 1. The van der Waals surface area contributed by atoms with Gasteiger partial charge in [-0.2, -0.15) is 8.78 Å². The van der Waals surface area contributed by atoms with Crippen LogP contribution >= 0.6 is 0 Å². The molecule has 2 rings (SSSR count). The predicted molar refractivity (Wildman–Crippen MR) is 72.9 cm³/mol. The van der Waals surface area contributed by atoms with Gasteiger partial charge in [0.15, 0.2) is 0 Å². The maximum absolute atomic E-state index is 12.0. The summed E-state index contributed by atoms with van der Waals surface area (Å²) in [5.74, 6) is -0.0918. The normalized spacial score (nSPS) is 10.4. The van der Waals surface area contributed by atoms with Crippen LogP contribution in [0.1, 0.15) is 11.3 Å². The molecule has 0 bridgehead atoms. The van der Waals surface area contributed by atoms with Gasteiger partial charge in [0, 0.05) is 6.20 Å². The molecule has 0 atom stereocenters. The summed E-state index contributed by atoms with van der Waals surface area (Å²) in [7, 11) is 0. The number of halogens is 2. The highest BCUT2D eigenvalue weighted by Gasteiger charge is 2.06. The summed E-state index contributed by atoms with van der Waals surface area (Å²) in [6, 6.07) is 11.4. The third-order valence-electron chi connectivity index (χ3n) is 2.71. The lowest BCUT2D eigenvalue weighted by molar-refractivity contribution is -0.120. The molecule has 0 aliphatic rings. The van der Waals surface area contributed by atoms with Gasteiger partial charge >= 0.3 is 6.61 Å². The molecule has 1 N–H and O–H groups in total. The third kappa shape index (κ3) is 5.18. The smallest absolute Gasteiger partial charge is 0.387 e. The van der Waals surface area contributed by atoms with E-state index >= 15 is 0 Å². The summed E-state index contributed by atoms with van der Waals surface area (Å²) in [6.45, 7) is -2.50. The average Bonchev–Trinajstić information content (AvgIpc) is 2.48. The number of benzene rings is 1. The monoisotopic (exact) mass is 292 g/mol. The van der Waals surface area contributed by atoms with E-state index in [1.165, 1.54) is 12.1 Å². The highest BCUT2D eigenvalue weighted by molar-refractivity contribution is 5.78. The van der Waals surface area contributed by atoms with E-state index in [4.69, 9.17) is 0 Å². The first-order valence-electron chi connectivity index (χ1n) is 6.34. The summed E-state index contributed by atoms with van der Waals surface area (Å²) < 4.78 is 28.2. The zero-order valence-electron chi connectivity index (χ0n) is 11.1. The minimum Gasteiger partial charge on any atom is -0.435 e. The zero-order chi connectivity index (χ0) is 15.1. The van der Waals surface area contributed by atoms with Crippen molar-refractivity contribution in [1.82, 2.24) is 10.3 Å². The second-order valence-corrected chi connectivity index (χ2v) is 4.30. The second kappa shape index (κ2) is 7.33. The number of ether oxygens (including phenoxy) is 1. The Kier molecular flexibility index (Phi) is 5.20. The Labute approximate surface area is 120 Å². The molecule has 0 saturated heterocycles. The summed E-state index contributed by atoms with van der Waals surface area (Å²) in [5, 5.41) is 2.74. The number of alkyl halides is 2. The Hall–Kier alpha value is -2.50. The van der Waals surface area contributed by atoms with Crippen LogP contribution in [0.5, 0.6) is 5.75 Å². The quantitative estimate of drug-likeness (QED) is 0.890. The molecule has 1 heterocycles. The lowest BCUT2D eigenvalue weighted by Crippen LogP contribution is -2.24. The van der Waals surface area contributed by atoms with Crippen molar-refractivity contribution in [3.63, 3.8) is 0 Å². The molecule has 0 spiro atoms. The molecule has 0 radical (unpaired) electrons. The number of amides is 1. The third-order valence-corrected chi connectivity index (χ3v) is 2.71. The van der Waals surface area contributed by atoms with Crippen LogP contribution in [0.15, 0.2) is 48.7 Å². The zero-order valence-corrected chi connectivity index (χ0v) is 11.1. The van der Waals surface area contributed by atoms with Gasteiger partial charge in [-0.05, 0) is 29.8 Å². The first-order chi connectivity index (χ1) is 10.1. The number of rotatable bonds is 6. The van der Waals surface area contributed by atoms with Crippen LogP contribution in [0.2, 0.25) is 0 Å². The molecule has 4 nitrogen and oxygen atoms in total. The molecule has 110 valence electrons. The Morgan fingerprint density at radius 2 is 1.95 bits per heavy atom. The Morgan fingerprint density at radius 3 is 2.57 bits per heavy atom. The van der Waals surface area contributed by atoms with Crippen molar-refractivity contribution in [3.05, 3.63) is 59.9 Å². The Bertz CT molecular complexity index is 574. The average molecular weight is 292 g/mol. The summed E-state index contributed by atoms with van der Waals surface area (Å²) in [4.78, 5) is 15.9. The van der Waals surface area contributed by atoms with E-state index in [-0.39, 0.29) is 18.1 Å². The van der Waals surface area contributed by atoms with Crippen molar-refractivity contribution < 1.29 is 18.3 Å². The fraction of sp³-hybridized carbons (Fsp3) is 0.200. The minimum atomic E-state index is -2.85. The predicted octanol–water partition coefficient (Wildman–Crippen LogP) is 2.54. The lowest BCUT2D eigenvalue weighted by atomic mass is 10.1. The molecule has 0 aliphatic carbocycles. The van der Waals surface area contributed by atoms with E-state index < -0.39 is 6.61 Å². The van der Waals surface area contributed by atoms with Crippen molar-refractivity contribution in [2.24, 2.45) is 0 Å². The fourth-order valence-electron chi connectivity index (χ4n) is 1.73. The highest BCUT2D eigenvalue weighted by Crippen LogP contribution is 2.15. The van der Waals surface area contributed by atoms with Gasteiger partial charge in [-0.25, -0.2) is 0 Å². The number of nitrogens with zero attached hydrogens (tertiary/aromatic N) is 1. The van der Waals surface area contributed by atoms with Crippen molar-refractivity contribution in [3.8, 4) is 5.75 Å². The number of hydrogen-bond donors (Lipinski definition) is 1. The van der Waals surface area contributed by atoms with Gasteiger partial charge in [0.1, 0.15) is 5.75 Å². The van der Waals surface area contributed by atoms with Crippen LogP contribution < -0.4 is 10.1 Å². The van der Waals surface area contributed by atoms with E-state index in [1.807, 2.05) is 12.1 Å². The first-order valence-corrected chi connectivity index (χ1v) is 6.34. The number of carbonyl (C=O) groups excluding carboxylic acids is 1. The molecule has 0 saturated carbocycles. The Balaban J connectivity index is 1.82. The molecule has 6 heteroatoms. The van der Waals surface area contributed by atoms with E-state index in [0.717, 1.165) is 11.3 Å². The number of pyridine rings is 1. The number of aromatic nitrogens is 1. The SMILES string of the molecule is O=C(Cc1ccc(OC(F)F)cc1)NCc1ccccn1. The van der Waals surface area contributed by atoms with Crippen LogP contribution in [0.25, 0.3) is 0 Å². The second-order valence-electron chi connectivity index (χ2n) is 4.30. The van der Waals surface area contributed by atoms with Crippen LogP contribution in [0.4, 0.5) is 8.78 Å². The summed E-state index contributed by atoms with van der Waals surface area (Å²) in [5.41, 5.74) is 1.49. The maximum atomic E-state index is 12.0. The molecule has 1 aromatic heterocycles. The van der Waals surface area contributed by atoms with Crippen LogP contribution in [-0.2, 0) is 17.8 Å². The van der Waals surface area contributed by atoms with Gasteiger partial charge in [0.05, 0.1) is 18.7 Å². The molecule has 0 aliphatic heterocycles. The summed E-state index contributed by atoms with van der Waals surface area (Å²) >= 11 is 0. The van der Waals surface area contributed by atoms with E-state index in [1.54, 1.807) is 24.4 Å². The molecular formula is C15H14F2N2O2. The molecule has 1 aromatic carbocycles. The first kappa shape index (κ1) is 14.9. The van der Waals surface area contributed by atoms with Crippen molar-refractivity contribution in [2.45, 2.75) is 19.6 Å². The van der Waals surface area contributed by atoms with Gasteiger partial charge in [-0.3, -0.25) is 9.78 Å². The fourth-order valence-corrected chi connectivity index (χ4v) is 1.73. The number of carbonyl (C=O) groups is 1. The molecule has 0 unspecified atom stereocenters. The largest absolute Gasteiger partial charge is 0.435 e. The van der Waals surface area contributed by atoms with Gasteiger partial charge in [0.2, 0.25) is 5.91 Å². The molecule has 0 fully saturated rings. The number of hydrogen-bond acceptors (Lipinski definition) is 3. The molecule has 1 amide bonds. The van der Waals surface area contributed by atoms with Gasteiger partial charge < -0.3 is 10.1 Å². The van der Waals surface area contributed by atoms with E-state index in [0.29, 0.717) is 6.54 Å². The summed E-state index contributed by atoms with van der Waals surface area (Å²) in [6.07, 6.45) is 1.82. The van der Waals surface area contributed by atoms with E-state index in [2.05, 4.69) is 15.0 Å². The minimum absolute atomic E-state index is 0.0719. The molecular weight excluding hydrogens is 278 g/mol. The molecule has 21 heavy (non-hydrogen) atoms. The van der Waals surface area contributed by atoms with E-state index in [9.17, 15) is 13.6 Å². The van der Waals surface area contributed by atoms with Crippen LogP contribution in [0, 0.1) is 0 Å². The van der Waals surface area contributed by atoms with Crippen LogP contribution in [-0.4, -0.2) is 17.5 Å². The van der Waals surface area contributed by atoms with Crippen LogP contribution in [0.3, 0.4) is 0 Å². The van der Waals surface area contributed by atoms with Crippen molar-refractivity contribution in [2.75, 3.05) is 0 Å². The van der Waals surface area contributed by atoms with Crippen molar-refractivity contribution in [1.29, 1.82) is 0 Å². The van der Waals surface area contributed by atoms with Gasteiger partial charge in [0.25, 0.3) is 0 Å². The van der Waals surface area contributed by atoms with Gasteiger partial charge in [-0.15, -0.1) is 0 Å². The maximum Gasteiger partial charge on any atom is 0.387 e. The Morgan fingerprint density at radius 1 is 1.19 bits per heavy atom. The topological polar surface area (TPSA) is 51.2 Å².